The number of aryl methyl sites for hydroxylation is 1. The van der Waals surface area contributed by atoms with Crippen LogP contribution >= 0.6 is 22.9 Å². The summed E-state index contributed by atoms with van der Waals surface area (Å²) in [6, 6.07) is 2.31. The van der Waals surface area contributed by atoms with Gasteiger partial charge in [-0.3, -0.25) is 4.90 Å². The first-order valence-corrected chi connectivity index (χ1v) is 8.34. The Hall–Kier alpha value is -1.44. The van der Waals surface area contributed by atoms with E-state index in [1.165, 1.54) is 11.1 Å². The number of thiophene rings is 1. The van der Waals surface area contributed by atoms with Gasteiger partial charge in [0.25, 0.3) is 0 Å². The number of aromatic carboxylic acids is 1. The van der Waals surface area contributed by atoms with Gasteiger partial charge < -0.3 is 5.11 Å². The molecule has 2 aromatic rings. The highest BCUT2D eigenvalue weighted by Crippen LogP contribution is 2.29. The normalized spacial score (nSPS) is 19.5. The van der Waals surface area contributed by atoms with Gasteiger partial charge in [0.1, 0.15) is 0 Å². The molecule has 1 unspecified atom stereocenters. The third kappa shape index (κ3) is 3.31. The number of piperidine rings is 1. The fraction of sp³-hybridized carbons (Fsp3) is 0.500. The van der Waals surface area contributed by atoms with Gasteiger partial charge in [0.05, 0.1) is 16.6 Å². The molecule has 1 atom stereocenters. The van der Waals surface area contributed by atoms with Crippen molar-refractivity contribution in [2.45, 2.75) is 32.4 Å². The molecular formula is C14H17ClN4O2S. The molecule has 1 aliphatic rings. The Morgan fingerprint density at radius 3 is 3.05 bits per heavy atom. The molecule has 1 saturated heterocycles. The van der Waals surface area contributed by atoms with Crippen LogP contribution in [0.4, 0.5) is 0 Å². The van der Waals surface area contributed by atoms with Crippen molar-refractivity contribution in [2.75, 3.05) is 13.1 Å². The molecule has 6 nitrogen and oxygen atoms in total. The van der Waals surface area contributed by atoms with Crippen molar-refractivity contribution in [2.24, 2.45) is 0 Å². The number of likely N-dealkylation sites (tertiary alicyclic amines) is 1. The molecule has 2 aromatic heterocycles. The lowest BCUT2D eigenvalue weighted by Crippen LogP contribution is -2.36. The molecule has 1 fully saturated rings. The zero-order valence-corrected chi connectivity index (χ0v) is 13.8. The van der Waals surface area contributed by atoms with Crippen molar-refractivity contribution >= 4 is 28.9 Å². The number of rotatable bonds is 4. The lowest BCUT2D eigenvalue weighted by atomic mass is 10.1. The molecule has 22 heavy (non-hydrogen) atoms. The maximum atomic E-state index is 10.9. The first-order valence-electron chi connectivity index (χ1n) is 7.15. The van der Waals surface area contributed by atoms with Crippen molar-refractivity contribution in [3.05, 3.63) is 32.7 Å². The minimum Gasteiger partial charge on any atom is -0.476 e. The lowest BCUT2D eigenvalue weighted by molar-refractivity contribution is 0.0690. The van der Waals surface area contributed by atoms with E-state index in [0.717, 1.165) is 42.4 Å². The van der Waals surface area contributed by atoms with E-state index >= 15 is 0 Å². The molecule has 118 valence electrons. The van der Waals surface area contributed by atoms with E-state index in [1.807, 2.05) is 6.92 Å². The molecule has 0 radical (unpaired) electrons. The summed E-state index contributed by atoms with van der Waals surface area (Å²) in [5.41, 5.74) is 1.12. The van der Waals surface area contributed by atoms with Crippen LogP contribution in [0.3, 0.4) is 0 Å². The van der Waals surface area contributed by atoms with Crippen molar-refractivity contribution in [3.63, 3.8) is 0 Å². The molecule has 0 bridgehead atoms. The zero-order valence-electron chi connectivity index (χ0n) is 12.2. The number of carboxylic acid groups (broad SMARTS) is 1. The average molecular weight is 341 g/mol. The Labute approximate surface area is 137 Å². The van der Waals surface area contributed by atoms with Gasteiger partial charge in [-0.05, 0) is 37.9 Å². The molecule has 0 aromatic carbocycles. The number of hydrogen-bond donors (Lipinski definition) is 1. The summed E-state index contributed by atoms with van der Waals surface area (Å²) in [4.78, 5) is 14.5. The van der Waals surface area contributed by atoms with Crippen LogP contribution in [0.5, 0.6) is 0 Å². The number of carboxylic acids is 1. The summed E-state index contributed by atoms with van der Waals surface area (Å²) >= 11 is 7.75. The summed E-state index contributed by atoms with van der Waals surface area (Å²) in [6.07, 6.45) is 3.57. The summed E-state index contributed by atoms with van der Waals surface area (Å²) in [5, 5.41) is 16.6. The molecule has 0 amide bonds. The van der Waals surface area contributed by atoms with Crippen molar-refractivity contribution in [1.29, 1.82) is 0 Å². The standard InChI is InChI=1S/C14H17ClN4O2S/c1-9-5-11(22-13(9)15)7-18-4-2-3-10(6-18)19-8-12(14(20)21)16-17-19/h5,8,10H,2-4,6-7H2,1H3,(H,20,21). The van der Waals surface area contributed by atoms with Crippen molar-refractivity contribution < 1.29 is 9.90 Å². The fourth-order valence-corrected chi connectivity index (χ4v) is 4.05. The summed E-state index contributed by atoms with van der Waals surface area (Å²) in [6.45, 7) is 4.77. The van der Waals surface area contributed by atoms with E-state index < -0.39 is 5.97 Å². The average Bonchev–Trinajstić information content (AvgIpc) is 3.07. The van der Waals surface area contributed by atoms with Crippen LogP contribution in [0, 0.1) is 6.92 Å². The number of halogens is 1. The monoisotopic (exact) mass is 340 g/mol. The third-order valence-electron chi connectivity index (χ3n) is 3.87. The Kier molecular flexibility index (Phi) is 4.46. The van der Waals surface area contributed by atoms with E-state index in [1.54, 1.807) is 16.0 Å². The molecule has 8 heteroatoms. The van der Waals surface area contributed by atoms with Crippen LogP contribution in [-0.4, -0.2) is 44.1 Å². The molecule has 1 aliphatic heterocycles. The highest BCUT2D eigenvalue weighted by molar-refractivity contribution is 7.16. The first kappa shape index (κ1) is 15.5. The minimum atomic E-state index is -1.04. The maximum absolute atomic E-state index is 10.9. The van der Waals surface area contributed by atoms with E-state index in [2.05, 4.69) is 21.3 Å². The topological polar surface area (TPSA) is 71.2 Å². The SMILES string of the molecule is Cc1cc(CN2CCCC(n3cc(C(=O)O)nn3)C2)sc1Cl. The van der Waals surface area contributed by atoms with Crippen molar-refractivity contribution in [3.8, 4) is 0 Å². The van der Waals surface area contributed by atoms with Crippen LogP contribution in [0.2, 0.25) is 4.34 Å². The molecule has 3 rings (SSSR count). The molecule has 1 N–H and O–H groups in total. The van der Waals surface area contributed by atoms with Gasteiger partial charge in [-0.1, -0.05) is 16.8 Å². The number of hydrogen-bond acceptors (Lipinski definition) is 5. The second kappa shape index (κ2) is 6.36. The van der Waals surface area contributed by atoms with Gasteiger partial charge in [0, 0.05) is 18.0 Å². The van der Waals surface area contributed by atoms with Crippen LogP contribution in [-0.2, 0) is 6.54 Å². The van der Waals surface area contributed by atoms with Gasteiger partial charge >= 0.3 is 5.97 Å². The van der Waals surface area contributed by atoms with E-state index in [4.69, 9.17) is 16.7 Å². The van der Waals surface area contributed by atoms with E-state index in [9.17, 15) is 4.79 Å². The van der Waals surface area contributed by atoms with Crippen LogP contribution in [0.25, 0.3) is 0 Å². The number of aromatic nitrogens is 3. The van der Waals surface area contributed by atoms with Gasteiger partial charge in [0.2, 0.25) is 0 Å². The highest BCUT2D eigenvalue weighted by Gasteiger charge is 2.23. The molecule has 0 spiro atoms. The Balaban J connectivity index is 1.66. The lowest BCUT2D eigenvalue weighted by Gasteiger charge is -2.32. The van der Waals surface area contributed by atoms with Crippen molar-refractivity contribution in [1.82, 2.24) is 19.9 Å². The van der Waals surface area contributed by atoms with Gasteiger partial charge in [0.15, 0.2) is 5.69 Å². The highest BCUT2D eigenvalue weighted by atomic mass is 35.5. The zero-order chi connectivity index (χ0) is 15.7. The van der Waals surface area contributed by atoms with E-state index in [-0.39, 0.29) is 11.7 Å². The predicted octanol–water partition coefficient (Wildman–Crippen LogP) is 2.84. The van der Waals surface area contributed by atoms with E-state index in [0.29, 0.717) is 0 Å². The molecular weight excluding hydrogens is 324 g/mol. The summed E-state index contributed by atoms with van der Waals surface area (Å²) in [5.74, 6) is -1.04. The quantitative estimate of drug-likeness (QED) is 0.926. The number of nitrogens with zero attached hydrogens (tertiary/aromatic N) is 4. The Morgan fingerprint density at radius 2 is 2.41 bits per heavy atom. The fourth-order valence-electron chi connectivity index (χ4n) is 2.77. The minimum absolute atomic E-state index is 0.00205. The molecule has 3 heterocycles. The molecule has 0 aliphatic carbocycles. The Morgan fingerprint density at radius 1 is 1.59 bits per heavy atom. The third-order valence-corrected chi connectivity index (χ3v) is 5.41. The van der Waals surface area contributed by atoms with Gasteiger partial charge in [-0.25, -0.2) is 9.48 Å². The van der Waals surface area contributed by atoms with Crippen LogP contribution in [0.1, 0.15) is 39.8 Å². The summed E-state index contributed by atoms with van der Waals surface area (Å²) < 4.78 is 2.54. The van der Waals surface area contributed by atoms with Crippen LogP contribution in [0.15, 0.2) is 12.3 Å². The van der Waals surface area contributed by atoms with Gasteiger partial charge in [-0.2, -0.15) is 0 Å². The maximum Gasteiger partial charge on any atom is 0.358 e. The van der Waals surface area contributed by atoms with Gasteiger partial charge in [-0.15, -0.1) is 16.4 Å². The smallest absolute Gasteiger partial charge is 0.358 e. The second-order valence-electron chi connectivity index (χ2n) is 5.59. The Bertz CT molecular complexity index is 665. The largest absolute Gasteiger partial charge is 0.476 e. The molecule has 0 saturated carbocycles. The summed E-state index contributed by atoms with van der Waals surface area (Å²) in [7, 11) is 0. The number of carbonyl (C=O) groups is 1. The first-order chi connectivity index (χ1) is 10.5. The van der Waals surface area contributed by atoms with Crippen LogP contribution < -0.4 is 0 Å². The second-order valence-corrected chi connectivity index (χ2v) is 7.33. The predicted molar refractivity (Wildman–Crippen MR) is 84.6 cm³/mol.